The SMILES string of the molecule is Cc1cc(N2CCOCC2)nc(NCCNC(=O)c2cc(C)on2)n1. The molecule has 1 aliphatic rings. The van der Waals surface area contributed by atoms with E-state index in [0.29, 0.717) is 38.0 Å². The van der Waals surface area contributed by atoms with Crippen LogP contribution in [0.2, 0.25) is 0 Å². The first-order valence-corrected chi connectivity index (χ1v) is 8.25. The molecule has 3 heterocycles. The molecule has 134 valence electrons. The summed E-state index contributed by atoms with van der Waals surface area (Å²) in [4.78, 5) is 23.0. The summed E-state index contributed by atoms with van der Waals surface area (Å²) in [6.45, 7) is 7.67. The maximum Gasteiger partial charge on any atom is 0.273 e. The quantitative estimate of drug-likeness (QED) is 0.739. The lowest BCUT2D eigenvalue weighted by Crippen LogP contribution is -2.37. The Kier molecular flexibility index (Phi) is 5.44. The third-order valence-corrected chi connectivity index (χ3v) is 3.73. The van der Waals surface area contributed by atoms with Crippen molar-refractivity contribution in [2.75, 3.05) is 49.6 Å². The number of aromatic nitrogens is 3. The van der Waals surface area contributed by atoms with Crippen LogP contribution in [0.3, 0.4) is 0 Å². The minimum atomic E-state index is -0.266. The molecular formula is C16H22N6O3. The highest BCUT2D eigenvalue weighted by atomic mass is 16.5. The standard InChI is InChI=1S/C16H22N6O3/c1-11-9-14(22-5-7-24-8-6-22)20-16(19-11)18-4-3-17-15(23)13-10-12(2)25-21-13/h9-10H,3-8H2,1-2H3,(H,17,23)(H,18,19,20). The van der Waals surface area contributed by atoms with Crippen LogP contribution in [0.4, 0.5) is 11.8 Å². The lowest BCUT2D eigenvalue weighted by Gasteiger charge is -2.28. The molecule has 1 aliphatic heterocycles. The van der Waals surface area contributed by atoms with Crippen molar-refractivity contribution in [3.8, 4) is 0 Å². The number of hydrogen-bond donors (Lipinski definition) is 2. The first-order valence-electron chi connectivity index (χ1n) is 8.25. The Balaban J connectivity index is 1.51. The highest BCUT2D eigenvalue weighted by molar-refractivity contribution is 5.92. The molecule has 0 radical (unpaired) electrons. The molecule has 2 N–H and O–H groups in total. The van der Waals surface area contributed by atoms with Gasteiger partial charge in [-0.15, -0.1) is 0 Å². The zero-order valence-electron chi connectivity index (χ0n) is 14.4. The van der Waals surface area contributed by atoms with Crippen LogP contribution in [0.5, 0.6) is 0 Å². The average Bonchev–Trinajstić information content (AvgIpc) is 3.05. The molecule has 1 amide bonds. The van der Waals surface area contributed by atoms with E-state index in [9.17, 15) is 4.79 Å². The van der Waals surface area contributed by atoms with Crippen LogP contribution in [0, 0.1) is 13.8 Å². The normalized spacial score (nSPS) is 14.4. The van der Waals surface area contributed by atoms with Crippen LogP contribution in [0.15, 0.2) is 16.7 Å². The van der Waals surface area contributed by atoms with E-state index in [1.165, 1.54) is 0 Å². The number of nitrogens with zero attached hydrogens (tertiary/aromatic N) is 4. The summed E-state index contributed by atoms with van der Waals surface area (Å²) in [5.74, 6) is 1.78. The molecule has 2 aromatic rings. The number of rotatable bonds is 6. The van der Waals surface area contributed by atoms with Crippen molar-refractivity contribution < 1.29 is 14.1 Å². The summed E-state index contributed by atoms with van der Waals surface area (Å²) in [5, 5.41) is 9.59. The summed E-state index contributed by atoms with van der Waals surface area (Å²) in [7, 11) is 0. The highest BCUT2D eigenvalue weighted by Gasteiger charge is 2.14. The molecule has 0 aromatic carbocycles. The number of anilines is 2. The van der Waals surface area contributed by atoms with Crippen LogP contribution in [-0.4, -0.2) is 60.4 Å². The molecule has 9 nitrogen and oxygen atoms in total. The fourth-order valence-electron chi connectivity index (χ4n) is 2.50. The monoisotopic (exact) mass is 346 g/mol. The molecule has 0 aliphatic carbocycles. The second-order valence-electron chi connectivity index (χ2n) is 5.80. The van der Waals surface area contributed by atoms with E-state index in [-0.39, 0.29) is 11.6 Å². The number of amides is 1. The number of aryl methyl sites for hydroxylation is 2. The fourth-order valence-corrected chi connectivity index (χ4v) is 2.50. The number of hydrogen-bond acceptors (Lipinski definition) is 8. The van der Waals surface area contributed by atoms with E-state index in [1.54, 1.807) is 13.0 Å². The summed E-state index contributed by atoms with van der Waals surface area (Å²) in [6, 6.07) is 3.56. The van der Waals surface area contributed by atoms with Gasteiger partial charge in [-0.3, -0.25) is 4.79 Å². The molecule has 3 rings (SSSR count). The number of morpholine rings is 1. The molecule has 2 aromatic heterocycles. The largest absolute Gasteiger partial charge is 0.378 e. The van der Waals surface area contributed by atoms with Gasteiger partial charge in [-0.25, -0.2) is 4.98 Å². The number of nitrogens with one attached hydrogen (secondary N) is 2. The van der Waals surface area contributed by atoms with Crippen molar-refractivity contribution in [2.45, 2.75) is 13.8 Å². The topological polar surface area (TPSA) is 105 Å². The number of ether oxygens (including phenoxy) is 1. The van der Waals surface area contributed by atoms with Gasteiger partial charge in [0.05, 0.1) is 13.2 Å². The van der Waals surface area contributed by atoms with E-state index in [0.717, 1.165) is 24.6 Å². The Morgan fingerprint density at radius 2 is 2.00 bits per heavy atom. The van der Waals surface area contributed by atoms with Crippen LogP contribution < -0.4 is 15.5 Å². The first kappa shape index (κ1) is 17.2. The van der Waals surface area contributed by atoms with Crippen molar-refractivity contribution in [3.63, 3.8) is 0 Å². The fraction of sp³-hybridized carbons (Fsp3) is 0.500. The Morgan fingerprint density at radius 1 is 1.20 bits per heavy atom. The van der Waals surface area contributed by atoms with Crippen LogP contribution in [-0.2, 0) is 4.74 Å². The maximum absolute atomic E-state index is 11.9. The first-order chi connectivity index (χ1) is 12.1. The summed E-state index contributed by atoms with van der Waals surface area (Å²) >= 11 is 0. The lowest BCUT2D eigenvalue weighted by molar-refractivity contribution is 0.0946. The molecular weight excluding hydrogens is 324 g/mol. The third-order valence-electron chi connectivity index (χ3n) is 3.73. The van der Waals surface area contributed by atoms with Gasteiger partial charge in [0.25, 0.3) is 5.91 Å². The number of carbonyl (C=O) groups excluding carboxylic acids is 1. The molecule has 0 bridgehead atoms. The Bertz CT molecular complexity index is 726. The zero-order chi connectivity index (χ0) is 17.6. The Labute approximate surface area is 145 Å². The third kappa shape index (κ3) is 4.66. The smallest absolute Gasteiger partial charge is 0.273 e. The van der Waals surface area contributed by atoms with Gasteiger partial charge in [-0.2, -0.15) is 4.98 Å². The van der Waals surface area contributed by atoms with Crippen LogP contribution in [0.1, 0.15) is 21.9 Å². The lowest BCUT2D eigenvalue weighted by atomic mass is 10.3. The minimum Gasteiger partial charge on any atom is -0.378 e. The van der Waals surface area contributed by atoms with Gasteiger partial charge in [0, 0.05) is 44.0 Å². The highest BCUT2D eigenvalue weighted by Crippen LogP contribution is 2.16. The van der Waals surface area contributed by atoms with Gasteiger partial charge in [-0.1, -0.05) is 5.16 Å². The van der Waals surface area contributed by atoms with Crippen molar-refractivity contribution in [1.82, 2.24) is 20.4 Å². The predicted molar refractivity (Wildman–Crippen MR) is 91.9 cm³/mol. The number of carbonyl (C=O) groups is 1. The summed E-state index contributed by atoms with van der Waals surface area (Å²) in [6.07, 6.45) is 0. The van der Waals surface area contributed by atoms with Crippen molar-refractivity contribution in [1.29, 1.82) is 0 Å². The van der Waals surface area contributed by atoms with E-state index in [2.05, 4.69) is 30.7 Å². The molecule has 0 saturated carbocycles. The Morgan fingerprint density at radius 3 is 2.72 bits per heavy atom. The van der Waals surface area contributed by atoms with Gasteiger partial charge >= 0.3 is 0 Å². The molecule has 0 unspecified atom stereocenters. The Hall–Kier alpha value is -2.68. The molecule has 0 spiro atoms. The second kappa shape index (κ2) is 7.93. The van der Waals surface area contributed by atoms with Crippen LogP contribution >= 0.6 is 0 Å². The van der Waals surface area contributed by atoms with Gasteiger partial charge < -0.3 is 24.8 Å². The van der Waals surface area contributed by atoms with E-state index in [4.69, 9.17) is 9.26 Å². The van der Waals surface area contributed by atoms with Gasteiger partial charge in [-0.05, 0) is 13.8 Å². The molecule has 1 saturated heterocycles. The second-order valence-corrected chi connectivity index (χ2v) is 5.80. The van der Waals surface area contributed by atoms with Crippen molar-refractivity contribution >= 4 is 17.7 Å². The zero-order valence-corrected chi connectivity index (χ0v) is 14.4. The van der Waals surface area contributed by atoms with E-state index in [1.807, 2.05) is 13.0 Å². The summed E-state index contributed by atoms with van der Waals surface area (Å²) < 4.78 is 10.3. The molecule has 9 heteroatoms. The summed E-state index contributed by atoms with van der Waals surface area (Å²) in [5.41, 5.74) is 1.17. The van der Waals surface area contributed by atoms with Gasteiger partial charge in [0.1, 0.15) is 11.6 Å². The molecule has 0 atom stereocenters. The minimum absolute atomic E-state index is 0.266. The molecule has 25 heavy (non-hydrogen) atoms. The van der Waals surface area contributed by atoms with E-state index >= 15 is 0 Å². The predicted octanol–water partition coefficient (Wildman–Crippen LogP) is 0.760. The maximum atomic E-state index is 11.9. The average molecular weight is 346 g/mol. The van der Waals surface area contributed by atoms with Crippen molar-refractivity contribution in [3.05, 3.63) is 29.3 Å². The van der Waals surface area contributed by atoms with Crippen molar-refractivity contribution in [2.24, 2.45) is 0 Å². The van der Waals surface area contributed by atoms with Gasteiger partial charge in [0.2, 0.25) is 5.95 Å². The van der Waals surface area contributed by atoms with Gasteiger partial charge in [0.15, 0.2) is 5.69 Å². The molecule has 1 fully saturated rings. The van der Waals surface area contributed by atoms with E-state index < -0.39 is 0 Å². The van der Waals surface area contributed by atoms with Crippen LogP contribution in [0.25, 0.3) is 0 Å².